The van der Waals surface area contributed by atoms with Gasteiger partial charge in [-0.3, -0.25) is 0 Å². The maximum atomic E-state index is 6.06. The maximum absolute atomic E-state index is 6.06. The molecule has 0 radical (unpaired) electrons. The fourth-order valence-corrected chi connectivity index (χ4v) is 1.89. The third-order valence-electron chi connectivity index (χ3n) is 2.53. The summed E-state index contributed by atoms with van der Waals surface area (Å²) in [6, 6.07) is 7.09. The molecule has 5 nitrogen and oxygen atoms in total. The molecule has 2 rings (SSSR count). The van der Waals surface area contributed by atoms with Crippen molar-refractivity contribution in [2.75, 3.05) is 18.2 Å². The topological polar surface area (TPSA) is 73.1 Å². The van der Waals surface area contributed by atoms with E-state index in [-0.39, 0.29) is 0 Å². The van der Waals surface area contributed by atoms with Gasteiger partial charge >= 0.3 is 0 Å². The van der Waals surface area contributed by atoms with Gasteiger partial charge in [0.15, 0.2) is 0 Å². The van der Waals surface area contributed by atoms with E-state index in [2.05, 4.69) is 15.3 Å². The SMILES string of the molecule is CCc1nc(N)cc(Nc2ccc(OC)c(Cl)c2)n1. The predicted molar refractivity (Wildman–Crippen MR) is 77.1 cm³/mol. The monoisotopic (exact) mass is 278 g/mol. The second kappa shape index (κ2) is 5.75. The summed E-state index contributed by atoms with van der Waals surface area (Å²) in [7, 11) is 1.58. The number of nitrogens with two attached hydrogens (primary N) is 1. The molecule has 0 aliphatic carbocycles. The molecule has 0 aliphatic heterocycles. The van der Waals surface area contributed by atoms with Crippen LogP contribution in [0.5, 0.6) is 5.75 Å². The first-order valence-corrected chi connectivity index (χ1v) is 6.24. The van der Waals surface area contributed by atoms with Crippen LogP contribution in [0.3, 0.4) is 0 Å². The Balaban J connectivity index is 2.25. The summed E-state index contributed by atoms with van der Waals surface area (Å²) in [6.45, 7) is 1.98. The number of ether oxygens (including phenoxy) is 1. The van der Waals surface area contributed by atoms with Crippen LogP contribution in [-0.2, 0) is 6.42 Å². The molecule has 2 aromatic rings. The van der Waals surface area contributed by atoms with Crippen LogP contribution in [0, 0.1) is 0 Å². The van der Waals surface area contributed by atoms with Crippen molar-refractivity contribution in [1.82, 2.24) is 9.97 Å². The highest BCUT2D eigenvalue weighted by molar-refractivity contribution is 6.32. The molecular formula is C13H15ClN4O. The van der Waals surface area contributed by atoms with Crippen molar-refractivity contribution >= 4 is 28.9 Å². The molecule has 0 saturated heterocycles. The summed E-state index contributed by atoms with van der Waals surface area (Å²) in [4.78, 5) is 8.46. The van der Waals surface area contributed by atoms with E-state index < -0.39 is 0 Å². The smallest absolute Gasteiger partial charge is 0.137 e. The summed E-state index contributed by atoms with van der Waals surface area (Å²) >= 11 is 6.06. The summed E-state index contributed by atoms with van der Waals surface area (Å²) in [6.07, 6.45) is 0.725. The lowest BCUT2D eigenvalue weighted by molar-refractivity contribution is 0.415. The Bertz CT molecular complexity index is 589. The third-order valence-corrected chi connectivity index (χ3v) is 2.83. The van der Waals surface area contributed by atoms with E-state index in [9.17, 15) is 0 Å². The third kappa shape index (κ3) is 3.26. The molecule has 0 spiro atoms. The summed E-state index contributed by atoms with van der Waals surface area (Å²) < 4.78 is 5.10. The fraction of sp³-hybridized carbons (Fsp3) is 0.231. The lowest BCUT2D eigenvalue weighted by Crippen LogP contribution is -2.02. The zero-order chi connectivity index (χ0) is 13.8. The second-order valence-corrected chi connectivity index (χ2v) is 4.33. The number of anilines is 3. The Kier molecular flexibility index (Phi) is 4.06. The Hall–Kier alpha value is -2.01. The second-order valence-electron chi connectivity index (χ2n) is 3.92. The molecule has 0 aliphatic rings. The van der Waals surface area contributed by atoms with Crippen molar-refractivity contribution in [3.05, 3.63) is 35.1 Å². The van der Waals surface area contributed by atoms with Gasteiger partial charge in [-0.15, -0.1) is 0 Å². The number of aryl methyl sites for hydroxylation is 1. The van der Waals surface area contributed by atoms with E-state index >= 15 is 0 Å². The van der Waals surface area contributed by atoms with Gasteiger partial charge in [-0.2, -0.15) is 0 Å². The standard InChI is InChI=1S/C13H15ClN4O/c1-3-12-17-11(15)7-13(18-12)16-8-4-5-10(19-2)9(14)6-8/h4-7H,3H2,1-2H3,(H3,15,16,17,18). The highest BCUT2D eigenvalue weighted by Crippen LogP contribution is 2.28. The zero-order valence-corrected chi connectivity index (χ0v) is 11.5. The molecule has 0 amide bonds. The molecule has 1 aromatic heterocycles. The first kappa shape index (κ1) is 13.4. The van der Waals surface area contributed by atoms with Gasteiger partial charge in [-0.25, -0.2) is 9.97 Å². The van der Waals surface area contributed by atoms with Gasteiger partial charge in [0.2, 0.25) is 0 Å². The van der Waals surface area contributed by atoms with Crippen molar-refractivity contribution < 1.29 is 4.74 Å². The minimum atomic E-state index is 0.439. The van der Waals surface area contributed by atoms with Gasteiger partial charge in [0.05, 0.1) is 12.1 Å². The van der Waals surface area contributed by atoms with Gasteiger partial charge in [0.25, 0.3) is 0 Å². The van der Waals surface area contributed by atoms with Crippen molar-refractivity contribution in [3.8, 4) is 5.75 Å². The lowest BCUT2D eigenvalue weighted by Gasteiger charge is -2.09. The Morgan fingerprint density at radius 2 is 2.11 bits per heavy atom. The van der Waals surface area contributed by atoms with Crippen molar-refractivity contribution in [2.24, 2.45) is 0 Å². The number of hydrogen-bond acceptors (Lipinski definition) is 5. The van der Waals surface area contributed by atoms with Crippen molar-refractivity contribution in [3.63, 3.8) is 0 Å². The number of nitrogen functional groups attached to an aromatic ring is 1. The molecule has 0 saturated carbocycles. The molecule has 0 bridgehead atoms. The molecule has 1 aromatic carbocycles. The number of rotatable bonds is 4. The Morgan fingerprint density at radius 1 is 1.32 bits per heavy atom. The molecule has 0 fully saturated rings. The van der Waals surface area contributed by atoms with Gasteiger partial charge in [-0.05, 0) is 18.2 Å². The highest BCUT2D eigenvalue weighted by atomic mass is 35.5. The first-order chi connectivity index (χ1) is 9.12. The Labute approximate surface area is 116 Å². The van der Waals surface area contributed by atoms with Crippen LogP contribution >= 0.6 is 11.6 Å². The fourth-order valence-electron chi connectivity index (χ4n) is 1.63. The normalized spacial score (nSPS) is 10.3. The van der Waals surface area contributed by atoms with Gasteiger partial charge in [-0.1, -0.05) is 18.5 Å². The molecule has 0 unspecified atom stereocenters. The molecule has 100 valence electrons. The minimum Gasteiger partial charge on any atom is -0.495 e. The van der Waals surface area contributed by atoms with Crippen LogP contribution in [0.2, 0.25) is 5.02 Å². The van der Waals surface area contributed by atoms with Gasteiger partial charge in [0.1, 0.15) is 23.2 Å². The van der Waals surface area contributed by atoms with Crippen LogP contribution in [0.15, 0.2) is 24.3 Å². The van der Waals surface area contributed by atoms with Gasteiger partial charge < -0.3 is 15.8 Å². The van der Waals surface area contributed by atoms with Crippen LogP contribution in [0.4, 0.5) is 17.3 Å². The van der Waals surface area contributed by atoms with E-state index in [1.807, 2.05) is 13.0 Å². The van der Waals surface area contributed by atoms with Crippen LogP contribution in [-0.4, -0.2) is 17.1 Å². The van der Waals surface area contributed by atoms with E-state index in [4.69, 9.17) is 22.1 Å². The number of methoxy groups -OCH3 is 1. The van der Waals surface area contributed by atoms with E-state index in [1.54, 1.807) is 25.3 Å². The average Bonchev–Trinajstić information content (AvgIpc) is 2.38. The average molecular weight is 279 g/mol. The highest BCUT2D eigenvalue weighted by Gasteiger charge is 2.05. The number of halogens is 1. The van der Waals surface area contributed by atoms with Gasteiger partial charge in [0, 0.05) is 18.2 Å². The van der Waals surface area contributed by atoms with E-state index in [0.717, 1.165) is 12.1 Å². The number of hydrogen-bond donors (Lipinski definition) is 2. The molecule has 0 atom stereocenters. The van der Waals surface area contributed by atoms with Crippen LogP contribution in [0.1, 0.15) is 12.7 Å². The van der Waals surface area contributed by atoms with Crippen LogP contribution in [0.25, 0.3) is 0 Å². The number of nitrogens with zero attached hydrogens (tertiary/aromatic N) is 2. The van der Waals surface area contributed by atoms with E-state index in [1.165, 1.54) is 0 Å². The van der Waals surface area contributed by atoms with Crippen molar-refractivity contribution in [1.29, 1.82) is 0 Å². The number of aromatic nitrogens is 2. The summed E-state index contributed by atoms with van der Waals surface area (Å²) in [5, 5.41) is 3.67. The maximum Gasteiger partial charge on any atom is 0.137 e. The van der Waals surface area contributed by atoms with Crippen LogP contribution < -0.4 is 15.8 Å². The quantitative estimate of drug-likeness (QED) is 0.899. The first-order valence-electron chi connectivity index (χ1n) is 5.86. The molecule has 6 heteroatoms. The number of nitrogens with one attached hydrogen (secondary N) is 1. The molecular weight excluding hydrogens is 264 g/mol. The molecule has 19 heavy (non-hydrogen) atoms. The Morgan fingerprint density at radius 3 is 2.74 bits per heavy atom. The predicted octanol–water partition coefficient (Wildman–Crippen LogP) is 3.03. The molecule has 1 heterocycles. The van der Waals surface area contributed by atoms with E-state index in [0.29, 0.717) is 28.2 Å². The van der Waals surface area contributed by atoms with Crippen molar-refractivity contribution in [2.45, 2.75) is 13.3 Å². The largest absolute Gasteiger partial charge is 0.495 e. The summed E-state index contributed by atoms with van der Waals surface area (Å²) in [5.74, 6) is 2.41. The minimum absolute atomic E-state index is 0.439. The summed E-state index contributed by atoms with van der Waals surface area (Å²) in [5.41, 5.74) is 6.54. The molecule has 3 N–H and O–H groups in total. The zero-order valence-electron chi connectivity index (χ0n) is 10.8. The number of benzene rings is 1. The lowest BCUT2D eigenvalue weighted by atomic mass is 10.3.